The van der Waals surface area contributed by atoms with E-state index in [1.54, 1.807) is 7.05 Å². The summed E-state index contributed by atoms with van der Waals surface area (Å²) in [5.74, 6) is -2.33. The number of amides is 2. The minimum Gasteiger partial charge on any atom is -0.475 e. The number of alkyl halides is 3. The fraction of sp³-hybridized carbons (Fsp3) is 0.833. The van der Waals surface area contributed by atoms with Crippen LogP contribution < -0.4 is 16.8 Å². The quantitative estimate of drug-likeness (QED) is 0.437. The average molecular weight is 426 g/mol. The maximum Gasteiger partial charge on any atom is 0.490 e. The van der Waals surface area contributed by atoms with Crippen molar-refractivity contribution in [3.8, 4) is 0 Å². The molecule has 0 bridgehead atoms. The first kappa shape index (κ1) is 27.1. The standard InChI is InChI=1S/C16H32N4O2.C2HF3O2/c1-20(15(21)12-18)14(8-5-10-17)16(22)19-11-9-13-6-3-2-4-7-13;3-2(4,5)1(6)7/h13-14H,2-12,17-18H2,1H3,(H,19,22);(H,6,7). The van der Waals surface area contributed by atoms with Crippen LogP contribution in [0.3, 0.4) is 0 Å². The summed E-state index contributed by atoms with van der Waals surface area (Å²) in [7, 11) is 1.64. The van der Waals surface area contributed by atoms with Crippen molar-refractivity contribution in [3.05, 3.63) is 0 Å². The molecular weight excluding hydrogens is 393 g/mol. The number of rotatable bonds is 9. The molecule has 1 aliphatic carbocycles. The molecule has 1 fully saturated rings. The predicted molar refractivity (Wildman–Crippen MR) is 102 cm³/mol. The van der Waals surface area contributed by atoms with Crippen molar-refractivity contribution in [2.45, 2.75) is 63.6 Å². The van der Waals surface area contributed by atoms with Crippen LogP contribution in [0.1, 0.15) is 51.4 Å². The van der Waals surface area contributed by atoms with Gasteiger partial charge in [-0.1, -0.05) is 32.1 Å². The maximum atomic E-state index is 12.4. The second kappa shape index (κ2) is 14.2. The third-order valence-corrected chi connectivity index (χ3v) is 4.84. The highest BCUT2D eigenvalue weighted by atomic mass is 19.4. The zero-order valence-corrected chi connectivity index (χ0v) is 16.8. The summed E-state index contributed by atoms with van der Waals surface area (Å²) in [4.78, 5) is 34.4. The molecule has 0 heterocycles. The summed E-state index contributed by atoms with van der Waals surface area (Å²) in [5, 5.41) is 10.1. The van der Waals surface area contributed by atoms with E-state index in [-0.39, 0.29) is 18.4 Å². The van der Waals surface area contributed by atoms with Gasteiger partial charge in [0.1, 0.15) is 6.04 Å². The molecule has 170 valence electrons. The van der Waals surface area contributed by atoms with Crippen LogP contribution in [-0.4, -0.2) is 66.7 Å². The summed E-state index contributed by atoms with van der Waals surface area (Å²) in [6.45, 7) is 1.12. The molecule has 1 unspecified atom stereocenters. The van der Waals surface area contributed by atoms with Gasteiger partial charge in [-0.3, -0.25) is 9.59 Å². The molecule has 1 atom stereocenters. The van der Waals surface area contributed by atoms with Crippen molar-refractivity contribution in [2.75, 3.05) is 26.7 Å². The molecule has 0 saturated heterocycles. The van der Waals surface area contributed by atoms with Gasteiger partial charge in [-0.25, -0.2) is 4.79 Å². The molecule has 0 spiro atoms. The normalized spacial score (nSPS) is 15.7. The third-order valence-electron chi connectivity index (χ3n) is 4.84. The second-order valence-corrected chi connectivity index (χ2v) is 7.04. The molecule has 0 aromatic heterocycles. The van der Waals surface area contributed by atoms with Crippen LogP contribution in [-0.2, 0) is 14.4 Å². The fourth-order valence-electron chi connectivity index (χ4n) is 3.12. The van der Waals surface area contributed by atoms with E-state index in [4.69, 9.17) is 21.4 Å². The van der Waals surface area contributed by atoms with Crippen molar-refractivity contribution >= 4 is 17.8 Å². The van der Waals surface area contributed by atoms with Crippen molar-refractivity contribution in [3.63, 3.8) is 0 Å². The van der Waals surface area contributed by atoms with E-state index < -0.39 is 18.2 Å². The van der Waals surface area contributed by atoms with Crippen molar-refractivity contribution in [1.82, 2.24) is 10.2 Å². The van der Waals surface area contributed by atoms with Crippen LogP contribution in [0.5, 0.6) is 0 Å². The van der Waals surface area contributed by atoms with Gasteiger partial charge in [-0.05, 0) is 31.7 Å². The summed E-state index contributed by atoms with van der Waals surface area (Å²) < 4.78 is 31.7. The van der Waals surface area contributed by atoms with Gasteiger partial charge < -0.3 is 26.8 Å². The van der Waals surface area contributed by atoms with Gasteiger partial charge in [0.15, 0.2) is 0 Å². The molecule has 6 N–H and O–H groups in total. The first-order valence-electron chi connectivity index (χ1n) is 9.78. The van der Waals surface area contributed by atoms with Crippen LogP contribution in [0, 0.1) is 5.92 Å². The number of carbonyl (C=O) groups is 3. The van der Waals surface area contributed by atoms with Crippen LogP contribution in [0.15, 0.2) is 0 Å². The number of halogens is 3. The van der Waals surface area contributed by atoms with Crippen molar-refractivity contribution < 1.29 is 32.7 Å². The lowest BCUT2D eigenvalue weighted by atomic mass is 9.87. The third kappa shape index (κ3) is 11.6. The Bertz CT molecular complexity index is 512. The number of carboxylic acid groups (broad SMARTS) is 1. The number of likely N-dealkylation sites (N-methyl/N-ethyl adjacent to an activating group) is 1. The number of aliphatic carboxylic acids is 1. The summed E-state index contributed by atoms with van der Waals surface area (Å²) >= 11 is 0. The van der Waals surface area contributed by atoms with Gasteiger partial charge in [0.05, 0.1) is 6.54 Å². The molecule has 0 radical (unpaired) electrons. The molecule has 29 heavy (non-hydrogen) atoms. The van der Waals surface area contributed by atoms with E-state index in [0.29, 0.717) is 25.9 Å². The Balaban J connectivity index is 0.000000956. The topological polar surface area (TPSA) is 139 Å². The molecule has 1 saturated carbocycles. The Morgan fingerprint density at radius 3 is 2.17 bits per heavy atom. The Kier molecular flexibility index (Phi) is 13.2. The van der Waals surface area contributed by atoms with Crippen LogP contribution >= 0.6 is 0 Å². The minimum absolute atomic E-state index is 0.0784. The molecule has 2 amide bonds. The van der Waals surface area contributed by atoms with Gasteiger partial charge in [-0.2, -0.15) is 13.2 Å². The molecule has 11 heteroatoms. The van der Waals surface area contributed by atoms with E-state index >= 15 is 0 Å². The Morgan fingerprint density at radius 1 is 1.17 bits per heavy atom. The Morgan fingerprint density at radius 2 is 1.72 bits per heavy atom. The summed E-state index contributed by atoms with van der Waals surface area (Å²) in [6, 6.07) is -0.467. The lowest BCUT2D eigenvalue weighted by molar-refractivity contribution is -0.192. The maximum absolute atomic E-state index is 12.4. The lowest BCUT2D eigenvalue weighted by Gasteiger charge is -2.27. The van der Waals surface area contributed by atoms with Gasteiger partial charge in [-0.15, -0.1) is 0 Å². The SMILES string of the molecule is CN(C(=O)CN)C(CCCN)C(=O)NCCC1CCCCC1.O=C(O)C(F)(F)F. The molecule has 8 nitrogen and oxygen atoms in total. The smallest absolute Gasteiger partial charge is 0.475 e. The number of nitrogens with zero attached hydrogens (tertiary/aromatic N) is 1. The van der Waals surface area contributed by atoms with Crippen molar-refractivity contribution in [2.24, 2.45) is 17.4 Å². The molecule has 0 aliphatic heterocycles. The number of hydrogen-bond donors (Lipinski definition) is 4. The molecule has 1 rings (SSSR count). The monoisotopic (exact) mass is 426 g/mol. The van der Waals surface area contributed by atoms with E-state index in [9.17, 15) is 22.8 Å². The number of carbonyl (C=O) groups excluding carboxylic acids is 2. The number of nitrogens with two attached hydrogens (primary N) is 2. The number of nitrogens with one attached hydrogen (secondary N) is 1. The summed E-state index contributed by atoms with van der Waals surface area (Å²) in [5.41, 5.74) is 10.9. The lowest BCUT2D eigenvalue weighted by Crippen LogP contribution is -2.49. The number of carboxylic acids is 1. The Labute approximate surface area is 169 Å². The molecular formula is C18H33F3N4O4. The first-order valence-corrected chi connectivity index (χ1v) is 9.78. The highest BCUT2D eigenvalue weighted by molar-refractivity contribution is 5.88. The van der Waals surface area contributed by atoms with Crippen molar-refractivity contribution in [1.29, 1.82) is 0 Å². The zero-order valence-electron chi connectivity index (χ0n) is 16.8. The zero-order chi connectivity index (χ0) is 22.4. The van der Waals surface area contributed by atoms with Crippen LogP contribution in [0.4, 0.5) is 13.2 Å². The van der Waals surface area contributed by atoms with Gasteiger partial charge in [0, 0.05) is 13.6 Å². The molecule has 1 aliphatic rings. The van der Waals surface area contributed by atoms with Gasteiger partial charge in [0.2, 0.25) is 11.8 Å². The van der Waals surface area contributed by atoms with Gasteiger partial charge >= 0.3 is 12.1 Å². The highest BCUT2D eigenvalue weighted by Gasteiger charge is 2.38. The van der Waals surface area contributed by atoms with Crippen LogP contribution in [0.2, 0.25) is 0 Å². The first-order chi connectivity index (χ1) is 13.5. The molecule has 0 aromatic rings. The fourth-order valence-corrected chi connectivity index (χ4v) is 3.12. The van der Waals surface area contributed by atoms with Gasteiger partial charge in [0.25, 0.3) is 0 Å². The molecule has 0 aromatic carbocycles. The minimum atomic E-state index is -5.08. The van der Waals surface area contributed by atoms with E-state index in [2.05, 4.69) is 5.32 Å². The average Bonchev–Trinajstić information content (AvgIpc) is 2.68. The second-order valence-electron chi connectivity index (χ2n) is 7.04. The van der Waals surface area contributed by atoms with Crippen LogP contribution in [0.25, 0.3) is 0 Å². The highest BCUT2D eigenvalue weighted by Crippen LogP contribution is 2.25. The predicted octanol–water partition coefficient (Wildman–Crippen LogP) is 1.23. The summed E-state index contributed by atoms with van der Waals surface area (Å²) in [6.07, 6.45) is 3.75. The van der Waals surface area contributed by atoms with E-state index in [0.717, 1.165) is 12.3 Å². The van der Waals surface area contributed by atoms with E-state index in [1.165, 1.54) is 37.0 Å². The Hall–Kier alpha value is -1.88. The largest absolute Gasteiger partial charge is 0.490 e. The number of hydrogen-bond acceptors (Lipinski definition) is 5. The van der Waals surface area contributed by atoms with E-state index in [1.807, 2.05) is 0 Å².